The second-order valence-corrected chi connectivity index (χ2v) is 11.2. The smallest absolute Gasteiger partial charge is 0.371 e. The van der Waals surface area contributed by atoms with Gasteiger partial charge < -0.3 is 4.90 Å². The molecular formula is C33H28F5N5O. The average Bonchev–Trinajstić information content (AvgIpc) is 3.50. The Morgan fingerprint density at radius 2 is 1.82 bits per heavy atom. The second kappa shape index (κ2) is 11.9. The Labute approximate surface area is 250 Å². The standard InChI is InChI=1S/C33H28F5N5O/c1-19-9-13-43(14-10-19)28-7-5-20(15-24(28)33(36,37)38)29(44)16-21-4-6-25(34)23(30(21)35)17-27-22(3-2-11-39-27)31-32-26(8-12-40-32)41-18-42-31/h2-7,11-12,15,18-19H,8-10,13-14,16-17H2,1H3. The van der Waals surface area contributed by atoms with Gasteiger partial charge in [-0.3, -0.25) is 14.8 Å². The molecule has 0 saturated carbocycles. The highest BCUT2D eigenvalue weighted by Crippen LogP contribution is 2.39. The van der Waals surface area contributed by atoms with Crippen LogP contribution in [-0.4, -0.2) is 40.0 Å². The molecular weight excluding hydrogens is 577 g/mol. The quantitative estimate of drug-likeness (QED) is 0.163. The fourth-order valence-electron chi connectivity index (χ4n) is 5.76. The Morgan fingerprint density at radius 3 is 2.59 bits per heavy atom. The third-order valence-electron chi connectivity index (χ3n) is 8.26. The van der Waals surface area contributed by atoms with E-state index in [1.165, 1.54) is 24.7 Å². The van der Waals surface area contributed by atoms with E-state index in [1.54, 1.807) is 23.2 Å². The number of carbonyl (C=O) groups is 1. The monoisotopic (exact) mass is 605 g/mol. The molecule has 2 aliphatic heterocycles. The Morgan fingerprint density at radius 1 is 1.02 bits per heavy atom. The van der Waals surface area contributed by atoms with Gasteiger partial charge in [0.1, 0.15) is 29.3 Å². The molecule has 0 amide bonds. The van der Waals surface area contributed by atoms with Crippen LogP contribution in [0, 0.1) is 17.6 Å². The number of hydrogen-bond acceptors (Lipinski definition) is 6. The molecule has 4 heterocycles. The van der Waals surface area contributed by atoms with E-state index in [0.29, 0.717) is 48.1 Å². The number of nitrogens with zero attached hydrogens (tertiary/aromatic N) is 5. The number of alkyl halides is 3. The zero-order valence-corrected chi connectivity index (χ0v) is 23.8. The van der Waals surface area contributed by atoms with E-state index in [9.17, 15) is 18.0 Å². The number of pyridine rings is 1. The molecule has 0 atom stereocenters. The van der Waals surface area contributed by atoms with Gasteiger partial charge in [0.05, 0.1) is 17.0 Å². The first-order chi connectivity index (χ1) is 21.1. The molecule has 0 spiro atoms. The molecule has 0 unspecified atom stereocenters. The number of fused-ring (bicyclic) bond motifs is 1. The Kier molecular flexibility index (Phi) is 7.96. The third-order valence-corrected chi connectivity index (χ3v) is 8.26. The van der Waals surface area contributed by atoms with Crippen molar-refractivity contribution in [1.29, 1.82) is 0 Å². The maximum atomic E-state index is 15.8. The van der Waals surface area contributed by atoms with Crippen molar-refractivity contribution in [2.24, 2.45) is 10.9 Å². The van der Waals surface area contributed by atoms with Crippen LogP contribution in [-0.2, 0) is 25.4 Å². The van der Waals surface area contributed by atoms with Crippen LogP contribution < -0.4 is 4.90 Å². The van der Waals surface area contributed by atoms with Crippen LogP contribution in [0.1, 0.15) is 58.2 Å². The summed E-state index contributed by atoms with van der Waals surface area (Å²) in [5.74, 6) is -2.06. The van der Waals surface area contributed by atoms with Crippen molar-refractivity contribution in [1.82, 2.24) is 15.0 Å². The molecule has 44 heavy (non-hydrogen) atoms. The van der Waals surface area contributed by atoms with Gasteiger partial charge in [-0.25, -0.2) is 18.7 Å². The number of Topliss-reactive ketones (excluding diaryl/α,β-unsaturated/α-hetero) is 1. The number of aliphatic imine (C=N–C) groups is 1. The molecule has 1 fully saturated rings. The summed E-state index contributed by atoms with van der Waals surface area (Å²) in [4.78, 5) is 32.2. The normalized spacial score (nSPS) is 15.1. The van der Waals surface area contributed by atoms with Crippen LogP contribution in [0.3, 0.4) is 0 Å². The SMILES string of the molecule is CC1CCN(c2ccc(C(=O)Cc3ccc(F)c(Cc4ncccc4-c4ncnc5c4N=CC5)c3F)cc2C(F)(F)F)CC1. The van der Waals surface area contributed by atoms with E-state index in [-0.39, 0.29) is 28.8 Å². The highest BCUT2D eigenvalue weighted by Gasteiger charge is 2.36. The van der Waals surface area contributed by atoms with Gasteiger partial charge in [0, 0.05) is 67.1 Å². The highest BCUT2D eigenvalue weighted by atomic mass is 19.4. The minimum Gasteiger partial charge on any atom is -0.371 e. The Hall–Kier alpha value is -4.54. The molecule has 2 aromatic carbocycles. The summed E-state index contributed by atoms with van der Waals surface area (Å²) in [6.07, 6.45) is 1.23. The van der Waals surface area contributed by atoms with E-state index in [4.69, 9.17) is 0 Å². The molecule has 11 heteroatoms. The summed E-state index contributed by atoms with van der Waals surface area (Å²) in [5.41, 5.74) is 1.17. The number of ketones is 1. The van der Waals surface area contributed by atoms with Gasteiger partial charge in [-0.1, -0.05) is 13.0 Å². The molecule has 0 radical (unpaired) electrons. The summed E-state index contributed by atoms with van der Waals surface area (Å²) in [7, 11) is 0. The lowest BCUT2D eigenvalue weighted by atomic mass is 9.94. The first-order valence-corrected chi connectivity index (χ1v) is 14.4. The van der Waals surface area contributed by atoms with Crippen molar-refractivity contribution in [2.75, 3.05) is 18.0 Å². The van der Waals surface area contributed by atoms with Crippen molar-refractivity contribution in [3.8, 4) is 11.3 Å². The number of halogens is 5. The largest absolute Gasteiger partial charge is 0.418 e. The number of benzene rings is 2. The first-order valence-electron chi connectivity index (χ1n) is 14.4. The average molecular weight is 606 g/mol. The summed E-state index contributed by atoms with van der Waals surface area (Å²) >= 11 is 0. The van der Waals surface area contributed by atoms with E-state index in [1.807, 2.05) is 0 Å². The van der Waals surface area contributed by atoms with Crippen LogP contribution >= 0.6 is 0 Å². The number of anilines is 1. The zero-order chi connectivity index (χ0) is 31.0. The van der Waals surface area contributed by atoms with Crippen molar-refractivity contribution in [2.45, 2.75) is 45.2 Å². The number of piperidine rings is 1. The zero-order valence-electron chi connectivity index (χ0n) is 23.8. The fraction of sp³-hybridized carbons (Fsp3) is 0.303. The number of aromatic nitrogens is 3. The minimum absolute atomic E-state index is 0.0300. The topological polar surface area (TPSA) is 71.3 Å². The van der Waals surface area contributed by atoms with Gasteiger partial charge in [-0.05, 0) is 60.7 Å². The molecule has 0 bridgehead atoms. The van der Waals surface area contributed by atoms with E-state index in [0.717, 1.165) is 36.7 Å². The molecule has 0 N–H and O–H groups in total. The number of hydrogen-bond donors (Lipinski definition) is 0. The molecule has 4 aromatic rings. The van der Waals surface area contributed by atoms with Crippen LogP contribution in [0.25, 0.3) is 11.3 Å². The maximum Gasteiger partial charge on any atom is 0.418 e. The van der Waals surface area contributed by atoms with E-state index in [2.05, 4.69) is 26.9 Å². The van der Waals surface area contributed by atoms with Crippen LogP contribution in [0.2, 0.25) is 0 Å². The van der Waals surface area contributed by atoms with E-state index < -0.39 is 35.6 Å². The number of rotatable bonds is 7. The fourth-order valence-corrected chi connectivity index (χ4v) is 5.76. The van der Waals surface area contributed by atoms with Gasteiger partial charge in [-0.2, -0.15) is 13.2 Å². The Bertz CT molecular complexity index is 1760. The van der Waals surface area contributed by atoms with Crippen LogP contribution in [0.15, 0.2) is 60.0 Å². The van der Waals surface area contributed by atoms with Gasteiger partial charge in [-0.15, -0.1) is 0 Å². The Balaban J connectivity index is 1.28. The summed E-state index contributed by atoms with van der Waals surface area (Å²) in [5, 5.41) is 0. The highest BCUT2D eigenvalue weighted by molar-refractivity contribution is 5.98. The molecule has 1 saturated heterocycles. The summed E-state index contributed by atoms with van der Waals surface area (Å²) < 4.78 is 73.1. The van der Waals surface area contributed by atoms with Gasteiger partial charge in [0.15, 0.2) is 5.78 Å². The molecule has 2 aliphatic rings. The van der Waals surface area contributed by atoms with Crippen LogP contribution in [0.4, 0.5) is 33.3 Å². The van der Waals surface area contributed by atoms with Crippen LogP contribution in [0.5, 0.6) is 0 Å². The molecule has 6 rings (SSSR count). The number of carbonyl (C=O) groups excluding carboxylic acids is 1. The molecule has 0 aliphatic carbocycles. The van der Waals surface area contributed by atoms with Gasteiger partial charge in [0.25, 0.3) is 0 Å². The maximum absolute atomic E-state index is 15.8. The lowest BCUT2D eigenvalue weighted by Gasteiger charge is -2.34. The minimum atomic E-state index is -4.68. The lowest BCUT2D eigenvalue weighted by molar-refractivity contribution is -0.137. The van der Waals surface area contributed by atoms with Gasteiger partial charge in [0.2, 0.25) is 0 Å². The summed E-state index contributed by atoms with van der Waals surface area (Å²) in [6, 6.07) is 9.10. The lowest BCUT2D eigenvalue weighted by Crippen LogP contribution is -2.34. The van der Waals surface area contributed by atoms with Gasteiger partial charge >= 0.3 is 6.18 Å². The van der Waals surface area contributed by atoms with Crippen molar-refractivity contribution in [3.63, 3.8) is 0 Å². The van der Waals surface area contributed by atoms with Crippen molar-refractivity contribution in [3.05, 3.63) is 100 Å². The van der Waals surface area contributed by atoms with Crippen molar-refractivity contribution < 1.29 is 26.7 Å². The predicted molar refractivity (Wildman–Crippen MR) is 156 cm³/mol. The molecule has 226 valence electrons. The third kappa shape index (κ3) is 5.82. The molecule has 2 aromatic heterocycles. The molecule has 6 nitrogen and oxygen atoms in total. The van der Waals surface area contributed by atoms with Crippen molar-refractivity contribution >= 4 is 23.4 Å². The second-order valence-electron chi connectivity index (χ2n) is 11.2. The summed E-state index contributed by atoms with van der Waals surface area (Å²) in [6.45, 7) is 3.05. The predicted octanol–water partition coefficient (Wildman–Crippen LogP) is 7.35. The van der Waals surface area contributed by atoms with E-state index >= 15 is 8.78 Å². The first kappa shape index (κ1) is 29.5.